The molecule has 0 spiro atoms. The zero-order valence-electron chi connectivity index (χ0n) is 12.5. The summed E-state index contributed by atoms with van der Waals surface area (Å²) in [6.45, 7) is 1.56. The van der Waals surface area contributed by atoms with E-state index in [1.165, 1.54) is 26.7 Å². The molecule has 0 N–H and O–H groups in total. The van der Waals surface area contributed by atoms with E-state index in [4.69, 9.17) is 0 Å². The van der Waals surface area contributed by atoms with Crippen LogP contribution in [0.1, 0.15) is 35.6 Å². The number of carbonyl (C=O) groups excluding carboxylic acids is 1. The summed E-state index contributed by atoms with van der Waals surface area (Å²) in [6.07, 6.45) is 5.57. The van der Waals surface area contributed by atoms with Crippen LogP contribution in [0.4, 0.5) is 0 Å². The fourth-order valence-corrected chi connectivity index (χ4v) is 3.43. The largest absolute Gasteiger partial charge is 0.295 e. The van der Waals surface area contributed by atoms with E-state index in [9.17, 15) is 4.79 Å². The minimum absolute atomic E-state index is 0.0655. The van der Waals surface area contributed by atoms with Gasteiger partial charge in [-0.2, -0.15) is 0 Å². The molecule has 110 valence electrons. The van der Waals surface area contributed by atoms with Crippen molar-refractivity contribution in [3.05, 3.63) is 81.3 Å². The Balaban J connectivity index is 1.98. The fraction of sp³-hybridized carbons (Fsp3) is 0.150. The Morgan fingerprint density at radius 2 is 1.77 bits per heavy atom. The summed E-state index contributed by atoms with van der Waals surface area (Å²) in [5.74, 6) is 0.0655. The quantitative estimate of drug-likeness (QED) is 0.676. The van der Waals surface area contributed by atoms with Gasteiger partial charge in [0.05, 0.1) is 0 Å². The monoisotopic (exact) mass is 352 g/mol. The van der Waals surface area contributed by atoms with Crippen LogP contribution in [0.2, 0.25) is 0 Å². The molecule has 2 heteroatoms. The van der Waals surface area contributed by atoms with Crippen LogP contribution in [-0.4, -0.2) is 5.78 Å². The van der Waals surface area contributed by atoms with Crippen LogP contribution >= 0.6 is 15.9 Å². The summed E-state index contributed by atoms with van der Waals surface area (Å²) in [7, 11) is 0. The van der Waals surface area contributed by atoms with Crippen molar-refractivity contribution >= 4 is 33.4 Å². The normalized spacial score (nSPS) is 14.3. The Labute approximate surface area is 139 Å². The van der Waals surface area contributed by atoms with Crippen molar-refractivity contribution in [1.82, 2.24) is 0 Å². The molecule has 0 aromatic heterocycles. The maximum atomic E-state index is 11.0. The Morgan fingerprint density at radius 3 is 2.50 bits per heavy atom. The average molecular weight is 353 g/mol. The van der Waals surface area contributed by atoms with Crippen LogP contribution < -0.4 is 0 Å². The highest BCUT2D eigenvalue weighted by atomic mass is 79.9. The highest BCUT2D eigenvalue weighted by Gasteiger charge is 2.18. The molecule has 1 nitrogen and oxygen atoms in total. The highest BCUT2D eigenvalue weighted by molar-refractivity contribution is 9.11. The van der Waals surface area contributed by atoms with E-state index >= 15 is 0 Å². The van der Waals surface area contributed by atoms with Gasteiger partial charge < -0.3 is 0 Å². The lowest BCUT2D eigenvalue weighted by Gasteiger charge is -2.21. The standard InChI is InChI=1S/C20H17BrO/c1-14(22)6-7-15-8-10-17(11-9-15)20-18-5-3-2-4-16(18)12-13-19(20)21/h2-11H,12-13H2,1H3/b7-6+. The van der Waals surface area contributed by atoms with E-state index in [1.807, 2.05) is 6.08 Å². The van der Waals surface area contributed by atoms with E-state index in [0.29, 0.717) is 0 Å². The first-order valence-corrected chi connectivity index (χ1v) is 8.20. The molecule has 0 saturated heterocycles. The van der Waals surface area contributed by atoms with Crippen molar-refractivity contribution in [2.75, 3.05) is 0 Å². The molecule has 0 heterocycles. The number of hydrogen-bond acceptors (Lipinski definition) is 1. The summed E-state index contributed by atoms with van der Waals surface area (Å²) in [5, 5.41) is 0. The summed E-state index contributed by atoms with van der Waals surface area (Å²) < 4.78 is 1.26. The van der Waals surface area contributed by atoms with Gasteiger partial charge in [-0.15, -0.1) is 0 Å². The third kappa shape index (κ3) is 3.12. The smallest absolute Gasteiger partial charge is 0.152 e. The minimum Gasteiger partial charge on any atom is -0.295 e. The molecule has 0 unspecified atom stereocenters. The van der Waals surface area contributed by atoms with Crippen LogP contribution in [0, 0.1) is 0 Å². The number of benzene rings is 2. The second-order valence-electron chi connectivity index (χ2n) is 5.50. The van der Waals surface area contributed by atoms with E-state index in [1.54, 1.807) is 13.0 Å². The van der Waals surface area contributed by atoms with Crippen LogP contribution in [-0.2, 0) is 11.2 Å². The topological polar surface area (TPSA) is 17.1 Å². The van der Waals surface area contributed by atoms with E-state index < -0.39 is 0 Å². The molecule has 0 radical (unpaired) electrons. The Hall–Kier alpha value is -1.93. The summed E-state index contributed by atoms with van der Waals surface area (Å²) >= 11 is 3.75. The lowest BCUT2D eigenvalue weighted by molar-refractivity contribution is -0.112. The van der Waals surface area contributed by atoms with Gasteiger partial charge in [-0.1, -0.05) is 70.5 Å². The van der Waals surface area contributed by atoms with E-state index in [-0.39, 0.29) is 5.78 Å². The zero-order valence-corrected chi connectivity index (χ0v) is 14.1. The minimum atomic E-state index is 0.0655. The fourth-order valence-electron chi connectivity index (χ4n) is 2.78. The first kappa shape index (κ1) is 15.0. The number of aryl methyl sites for hydroxylation is 1. The molecular weight excluding hydrogens is 336 g/mol. The van der Waals surface area contributed by atoms with Gasteiger partial charge in [0.25, 0.3) is 0 Å². The number of rotatable bonds is 3. The van der Waals surface area contributed by atoms with Crippen LogP contribution in [0.25, 0.3) is 11.6 Å². The molecule has 1 aliphatic rings. The number of ketones is 1. The first-order chi connectivity index (χ1) is 10.6. The number of fused-ring (bicyclic) bond motifs is 1. The first-order valence-electron chi connectivity index (χ1n) is 7.41. The van der Waals surface area contributed by atoms with Gasteiger partial charge in [0, 0.05) is 4.48 Å². The van der Waals surface area contributed by atoms with Gasteiger partial charge in [0.15, 0.2) is 5.78 Å². The molecule has 0 fully saturated rings. The van der Waals surface area contributed by atoms with Gasteiger partial charge in [-0.25, -0.2) is 0 Å². The molecule has 2 aromatic carbocycles. The zero-order chi connectivity index (χ0) is 15.5. The van der Waals surface area contributed by atoms with Crippen molar-refractivity contribution < 1.29 is 4.79 Å². The Bertz CT molecular complexity index is 767. The predicted octanol–water partition coefficient (Wildman–Crippen LogP) is 5.39. The molecular formula is C20H17BrO. The molecule has 0 bridgehead atoms. The summed E-state index contributed by atoms with van der Waals surface area (Å²) in [5.41, 5.74) is 6.25. The molecule has 0 saturated carbocycles. The second-order valence-corrected chi connectivity index (χ2v) is 6.46. The number of allylic oxidation sites excluding steroid dienone is 2. The van der Waals surface area contributed by atoms with Crippen molar-refractivity contribution in [1.29, 1.82) is 0 Å². The van der Waals surface area contributed by atoms with Crippen molar-refractivity contribution in [2.45, 2.75) is 19.8 Å². The summed E-state index contributed by atoms with van der Waals surface area (Å²) in [4.78, 5) is 11.0. The van der Waals surface area contributed by atoms with Gasteiger partial charge in [-0.3, -0.25) is 4.79 Å². The molecule has 3 rings (SSSR count). The van der Waals surface area contributed by atoms with Crippen molar-refractivity contribution in [2.24, 2.45) is 0 Å². The van der Waals surface area contributed by atoms with Crippen LogP contribution in [0.3, 0.4) is 0 Å². The molecule has 1 aliphatic carbocycles. The Morgan fingerprint density at radius 1 is 1.05 bits per heavy atom. The molecule has 2 aromatic rings. The highest BCUT2D eigenvalue weighted by Crippen LogP contribution is 2.38. The van der Waals surface area contributed by atoms with Crippen LogP contribution in [0.5, 0.6) is 0 Å². The third-order valence-electron chi connectivity index (χ3n) is 3.88. The van der Waals surface area contributed by atoms with Gasteiger partial charge in [-0.05, 0) is 53.7 Å². The SMILES string of the molecule is CC(=O)/C=C/c1ccc(C2=C(Br)CCc3ccccc32)cc1. The van der Waals surface area contributed by atoms with Gasteiger partial charge in [0.2, 0.25) is 0 Å². The van der Waals surface area contributed by atoms with Crippen molar-refractivity contribution in [3.63, 3.8) is 0 Å². The predicted molar refractivity (Wildman–Crippen MR) is 95.9 cm³/mol. The van der Waals surface area contributed by atoms with Crippen molar-refractivity contribution in [3.8, 4) is 0 Å². The molecule has 0 amide bonds. The maximum Gasteiger partial charge on any atom is 0.152 e. The number of hydrogen-bond donors (Lipinski definition) is 0. The Kier molecular flexibility index (Phi) is 4.39. The lowest BCUT2D eigenvalue weighted by Crippen LogP contribution is -2.03. The molecule has 22 heavy (non-hydrogen) atoms. The van der Waals surface area contributed by atoms with Crippen LogP contribution in [0.15, 0.2) is 59.1 Å². The maximum absolute atomic E-state index is 11.0. The molecule has 0 atom stereocenters. The number of halogens is 1. The third-order valence-corrected chi connectivity index (χ3v) is 4.67. The molecule has 0 aliphatic heterocycles. The number of carbonyl (C=O) groups is 1. The lowest BCUT2D eigenvalue weighted by atomic mass is 9.87. The van der Waals surface area contributed by atoms with Gasteiger partial charge >= 0.3 is 0 Å². The van der Waals surface area contributed by atoms with E-state index in [2.05, 4.69) is 64.5 Å². The van der Waals surface area contributed by atoms with E-state index in [0.717, 1.165) is 18.4 Å². The summed E-state index contributed by atoms with van der Waals surface area (Å²) in [6, 6.07) is 16.9. The van der Waals surface area contributed by atoms with Gasteiger partial charge in [0.1, 0.15) is 0 Å². The second kappa shape index (κ2) is 6.45. The average Bonchev–Trinajstić information content (AvgIpc) is 2.53.